The summed E-state index contributed by atoms with van der Waals surface area (Å²) in [5, 5.41) is 10.9. The molecule has 1 amide bonds. The molecular weight excluding hydrogens is 280 g/mol. The number of hydrogen-bond acceptors (Lipinski definition) is 4. The molecule has 0 spiro atoms. The van der Waals surface area contributed by atoms with Gasteiger partial charge >= 0.3 is 6.09 Å². The highest BCUT2D eigenvalue weighted by molar-refractivity contribution is 5.72. The molecule has 5 nitrogen and oxygen atoms in total. The summed E-state index contributed by atoms with van der Waals surface area (Å²) in [6.07, 6.45) is 6.27. The van der Waals surface area contributed by atoms with Crippen LogP contribution in [-0.4, -0.2) is 32.4 Å². The van der Waals surface area contributed by atoms with Gasteiger partial charge in [-0.05, 0) is 52.2 Å². The lowest BCUT2D eigenvalue weighted by Gasteiger charge is -2.37. The van der Waals surface area contributed by atoms with Crippen LogP contribution in [0.5, 0.6) is 0 Å². The van der Waals surface area contributed by atoms with Crippen LogP contribution in [-0.2, 0) is 11.3 Å². The summed E-state index contributed by atoms with van der Waals surface area (Å²) in [7, 11) is 0. The summed E-state index contributed by atoms with van der Waals surface area (Å²) >= 11 is 0. The van der Waals surface area contributed by atoms with Gasteiger partial charge in [-0.15, -0.1) is 0 Å². The van der Waals surface area contributed by atoms with E-state index >= 15 is 0 Å². The zero-order valence-corrected chi connectivity index (χ0v) is 13.7. The van der Waals surface area contributed by atoms with Gasteiger partial charge < -0.3 is 9.84 Å². The second-order valence-electron chi connectivity index (χ2n) is 6.39. The average molecular weight is 304 g/mol. The molecule has 1 aromatic rings. The quantitative estimate of drug-likeness (QED) is 0.848. The average Bonchev–Trinajstić information content (AvgIpc) is 2.60. The Bertz CT molecular complexity index is 565. The van der Waals surface area contributed by atoms with E-state index in [1.807, 2.05) is 19.9 Å². The Hall–Kier alpha value is -1.88. The molecule has 0 saturated carbocycles. The van der Waals surface area contributed by atoms with Crippen molar-refractivity contribution in [2.75, 3.05) is 0 Å². The third-order valence-corrected chi connectivity index (χ3v) is 4.30. The fourth-order valence-electron chi connectivity index (χ4n) is 2.62. The fourth-order valence-corrected chi connectivity index (χ4v) is 2.62. The van der Waals surface area contributed by atoms with E-state index in [1.165, 1.54) is 10.5 Å². The first-order chi connectivity index (χ1) is 10.3. The SMILES string of the molecule is CC(C)=CCCC1(C)OC(=O)N(Cc2cccnc2)C1(C)O. The van der Waals surface area contributed by atoms with Gasteiger partial charge in [0, 0.05) is 12.4 Å². The highest BCUT2D eigenvalue weighted by Gasteiger charge is 2.58. The van der Waals surface area contributed by atoms with Gasteiger partial charge in [-0.25, -0.2) is 4.79 Å². The lowest BCUT2D eigenvalue weighted by molar-refractivity contribution is -0.141. The molecule has 1 aliphatic heterocycles. The van der Waals surface area contributed by atoms with E-state index in [0.29, 0.717) is 6.42 Å². The van der Waals surface area contributed by atoms with E-state index in [-0.39, 0.29) is 6.54 Å². The Balaban J connectivity index is 2.16. The predicted octanol–water partition coefficient (Wildman–Crippen LogP) is 3.25. The van der Waals surface area contributed by atoms with E-state index in [1.54, 1.807) is 32.3 Å². The lowest BCUT2D eigenvalue weighted by Crippen LogP contribution is -2.54. The monoisotopic (exact) mass is 304 g/mol. The van der Waals surface area contributed by atoms with Gasteiger partial charge in [0.15, 0.2) is 11.3 Å². The van der Waals surface area contributed by atoms with E-state index in [9.17, 15) is 9.90 Å². The number of carbonyl (C=O) groups is 1. The van der Waals surface area contributed by atoms with Gasteiger partial charge in [-0.3, -0.25) is 9.88 Å². The van der Waals surface area contributed by atoms with E-state index < -0.39 is 17.4 Å². The molecule has 5 heteroatoms. The summed E-state index contributed by atoms with van der Waals surface area (Å²) in [5.74, 6) is 0. The Morgan fingerprint density at radius 1 is 1.45 bits per heavy atom. The third kappa shape index (κ3) is 3.14. The van der Waals surface area contributed by atoms with Crippen LogP contribution in [0.2, 0.25) is 0 Å². The van der Waals surface area contributed by atoms with Crippen molar-refractivity contribution in [2.24, 2.45) is 0 Å². The number of pyridine rings is 1. The minimum Gasteiger partial charge on any atom is -0.438 e. The molecule has 1 saturated heterocycles. The van der Waals surface area contributed by atoms with Crippen molar-refractivity contribution in [3.05, 3.63) is 41.7 Å². The van der Waals surface area contributed by atoms with E-state index in [0.717, 1.165) is 12.0 Å². The zero-order chi connectivity index (χ0) is 16.4. The number of hydrogen-bond donors (Lipinski definition) is 1. The number of nitrogens with zero attached hydrogens (tertiary/aromatic N) is 2. The molecule has 0 aromatic carbocycles. The summed E-state index contributed by atoms with van der Waals surface area (Å²) in [5.41, 5.74) is -0.235. The van der Waals surface area contributed by atoms with Crippen LogP contribution < -0.4 is 0 Å². The molecule has 2 rings (SSSR count). The van der Waals surface area contributed by atoms with Gasteiger partial charge in [0.25, 0.3) is 0 Å². The number of carbonyl (C=O) groups excluding carboxylic acids is 1. The van der Waals surface area contributed by atoms with Crippen molar-refractivity contribution < 1.29 is 14.6 Å². The van der Waals surface area contributed by atoms with Crippen LogP contribution in [0.3, 0.4) is 0 Å². The minimum atomic E-state index is -1.37. The van der Waals surface area contributed by atoms with Crippen molar-refractivity contribution in [2.45, 2.75) is 58.4 Å². The van der Waals surface area contributed by atoms with Gasteiger partial charge in [0.2, 0.25) is 0 Å². The fraction of sp³-hybridized carbons (Fsp3) is 0.529. The number of cyclic esters (lactones) is 1. The van der Waals surface area contributed by atoms with Crippen LogP contribution in [0.15, 0.2) is 36.2 Å². The second kappa shape index (κ2) is 6.08. The van der Waals surface area contributed by atoms with E-state index in [2.05, 4.69) is 11.1 Å². The number of aliphatic hydroxyl groups is 1. The van der Waals surface area contributed by atoms with Crippen molar-refractivity contribution >= 4 is 6.09 Å². The zero-order valence-electron chi connectivity index (χ0n) is 13.7. The highest BCUT2D eigenvalue weighted by atomic mass is 16.6. The van der Waals surface area contributed by atoms with Crippen LogP contribution >= 0.6 is 0 Å². The maximum absolute atomic E-state index is 12.2. The standard InChI is InChI=1S/C17H24N2O3/c1-13(2)7-5-9-16(3)17(4,21)19(15(20)22-16)12-14-8-6-10-18-11-14/h6-8,10-11,21H,5,9,12H2,1-4H3. The molecule has 22 heavy (non-hydrogen) atoms. The summed E-state index contributed by atoms with van der Waals surface area (Å²) in [6.45, 7) is 7.74. The first-order valence-corrected chi connectivity index (χ1v) is 7.51. The topological polar surface area (TPSA) is 62.7 Å². The smallest absolute Gasteiger partial charge is 0.413 e. The highest BCUT2D eigenvalue weighted by Crippen LogP contribution is 2.41. The summed E-state index contributed by atoms with van der Waals surface area (Å²) < 4.78 is 5.52. The first kappa shape index (κ1) is 16.5. The van der Waals surface area contributed by atoms with Crippen molar-refractivity contribution in [1.29, 1.82) is 0 Å². The molecular formula is C17H24N2O3. The number of rotatable bonds is 5. The second-order valence-corrected chi connectivity index (χ2v) is 6.39. The Morgan fingerprint density at radius 2 is 2.18 bits per heavy atom. The van der Waals surface area contributed by atoms with Crippen molar-refractivity contribution in [3.8, 4) is 0 Å². The molecule has 0 aliphatic carbocycles. The van der Waals surface area contributed by atoms with Crippen LogP contribution in [0.4, 0.5) is 4.79 Å². The number of amides is 1. The van der Waals surface area contributed by atoms with E-state index in [4.69, 9.17) is 4.74 Å². The Kier molecular flexibility index (Phi) is 4.56. The summed E-state index contributed by atoms with van der Waals surface area (Å²) in [4.78, 5) is 17.6. The van der Waals surface area contributed by atoms with Gasteiger partial charge in [-0.1, -0.05) is 17.7 Å². The van der Waals surface area contributed by atoms with Crippen LogP contribution in [0.25, 0.3) is 0 Å². The third-order valence-electron chi connectivity index (χ3n) is 4.30. The number of allylic oxidation sites excluding steroid dienone is 2. The minimum absolute atomic E-state index is 0.276. The Labute approximate surface area is 131 Å². The van der Waals surface area contributed by atoms with Crippen LogP contribution in [0.1, 0.15) is 46.1 Å². The van der Waals surface area contributed by atoms with Gasteiger partial charge in [0.05, 0.1) is 6.54 Å². The Morgan fingerprint density at radius 3 is 2.77 bits per heavy atom. The summed E-state index contributed by atoms with van der Waals surface area (Å²) in [6, 6.07) is 3.68. The van der Waals surface area contributed by atoms with Crippen LogP contribution in [0, 0.1) is 0 Å². The number of aromatic nitrogens is 1. The lowest BCUT2D eigenvalue weighted by atomic mass is 9.88. The first-order valence-electron chi connectivity index (χ1n) is 7.51. The molecule has 1 aromatic heterocycles. The maximum Gasteiger partial charge on any atom is 0.413 e. The normalized spacial score (nSPS) is 27.7. The molecule has 0 bridgehead atoms. The molecule has 2 heterocycles. The molecule has 2 unspecified atom stereocenters. The molecule has 0 radical (unpaired) electrons. The largest absolute Gasteiger partial charge is 0.438 e. The molecule has 120 valence electrons. The molecule has 2 atom stereocenters. The molecule has 1 aliphatic rings. The van der Waals surface area contributed by atoms with Gasteiger partial charge in [0.1, 0.15) is 0 Å². The molecule has 1 N–H and O–H groups in total. The van der Waals surface area contributed by atoms with Gasteiger partial charge in [-0.2, -0.15) is 0 Å². The number of ether oxygens (including phenoxy) is 1. The molecule has 1 fully saturated rings. The maximum atomic E-state index is 12.2. The van der Waals surface area contributed by atoms with Crippen molar-refractivity contribution in [3.63, 3.8) is 0 Å². The van der Waals surface area contributed by atoms with Crippen molar-refractivity contribution in [1.82, 2.24) is 9.88 Å². The predicted molar refractivity (Wildman–Crippen MR) is 84.0 cm³/mol.